The quantitative estimate of drug-likeness (QED) is 0.689. The lowest BCUT2D eigenvalue weighted by Gasteiger charge is -2.20. The largest absolute Gasteiger partial charge is 0.310 e. The average Bonchev–Trinajstić information content (AvgIpc) is 3.27. The van der Waals surface area contributed by atoms with Gasteiger partial charge in [-0.15, -0.1) is 0 Å². The van der Waals surface area contributed by atoms with Gasteiger partial charge in [-0.1, -0.05) is 57.9 Å². The van der Waals surface area contributed by atoms with E-state index in [1.54, 1.807) is 0 Å². The second-order valence-corrected chi connectivity index (χ2v) is 6.16. The highest BCUT2D eigenvalue weighted by Gasteiger charge is 2.25. The zero-order chi connectivity index (χ0) is 13.7. The van der Waals surface area contributed by atoms with Crippen LogP contribution in [0, 0.1) is 5.92 Å². The van der Waals surface area contributed by atoms with Crippen LogP contribution in [0.3, 0.4) is 0 Å². The van der Waals surface area contributed by atoms with Crippen molar-refractivity contribution in [2.24, 2.45) is 5.92 Å². The lowest BCUT2D eigenvalue weighted by atomic mass is 9.94. The average molecular weight is 259 g/mol. The van der Waals surface area contributed by atoms with Gasteiger partial charge >= 0.3 is 0 Å². The predicted octanol–water partition coefficient (Wildman–Crippen LogP) is 5.04. The predicted molar refractivity (Wildman–Crippen MR) is 83.5 cm³/mol. The second kappa shape index (κ2) is 7.09. The van der Waals surface area contributed by atoms with Gasteiger partial charge in [0.2, 0.25) is 0 Å². The van der Waals surface area contributed by atoms with Crippen molar-refractivity contribution in [3.63, 3.8) is 0 Å². The third-order valence-corrected chi connectivity index (χ3v) is 4.43. The minimum atomic E-state index is 0.568. The van der Waals surface area contributed by atoms with Crippen LogP contribution >= 0.6 is 0 Å². The fourth-order valence-corrected chi connectivity index (χ4v) is 2.64. The summed E-state index contributed by atoms with van der Waals surface area (Å²) in [6.45, 7) is 7.95. The summed E-state index contributed by atoms with van der Waals surface area (Å²) in [6, 6.07) is 9.92. The molecule has 0 amide bonds. The summed E-state index contributed by atoms with van der Waals surface area (Å²) in [7, 11) is 0. The fourth-order valence-electron chi connectivity index (χ4n) is 2.64. The van der Waals surface area contributed by atoms with Gasteiger partial charge in [0.1, 0.15) is 0 Å². The van der Waals surface area contributed by atoms with E-state index in [1.807, 2.05) is 0 Å². The van der Waals surface area contributed by atoms with Crippen LogP contribution in [0.4, 0.5) is 0 Å². The molecule has 1 aromatic carbocycles. The molecule has 1 aliphatic carbocycles. The summed E-state index contributed by atoms with van der Waals surface area (Å²) in [4.78, 5) is 0. The Morgan fingerprint density at radius 1 is 1.11 bits per heavy atom. The Morgan fingerprint density at radius 3 is 2.26 bits per heavy atom. The molecule has 0 radical (unpaired) electrons. The minimum absolute atomic E-state index is 0.568. The molecule has 0 aliphatic heterocycles. The van der Waals surface area contributed by atoms with E-state index in [9.17, 15) is 0 Å². The Morgan fingerprint density at radius 2 is 1.74 bits per heavy atom. The highest BCUT2D eigenvalue weighted by Crippen LogP contribution is 2.37. The van der Waals surface area contributed by atoms with E-state index in [4.69, 9.17) is 0 Å². The normalized spacial score (nSPS) is 18.3. The van der Waals surface area contributed by atoms with Crippen molar-refractivity contribution >= 4 is 0 Å². The van der Waals surface area contributed by atoms with Crippen LogP contribution in [0.1, 0.15) is 76.0 Å². The van der Waals surface area contributed by atoms with Crippen LogP contribution in [0.5, 0.6) is 0 Å². The summed E-state index contributed by atoms with van der Waals surface area (Å²) < 4.78 is 0. The van der Waals surface area contributed by atoms with Crippen molar-refractivity contribution in [2.75, 3.05) is 6.54 Å². The second-order valence-electron chi connectivity index (χ2n) is 6.16. The Bertz CT molecular complexity index is 364. The zero-order valence-corrected chi connectivity index (χ0v) is 12.8. The Kier molecular flexibility index (Phi) is 5.45. The van der Waals surface area contributed by atoms with Gasteiger partial charge in [0.25, 0.3) is 0 Å². The molecule has 1 aromatic rings. The van der Waals surface area contributed by atoms with Gasteiger partial charge in [0, 0.05) is 6.04 Å². The first-order valence-corrected chi connectivity index (χ1v) is 8.07. The van der Waals surface area contributed by atoms with Gasteiger partial charge in [-0.05, 0) is 48.8 Å². The maximum Gasteiger partial charge on any atom is 0.0322 e. The highest BCUT2D eigenvalue weighted by molar-refractivity contribution is 5.27. The van der Waals surface area contributed by atoms with Gasteiger partial charge in [0.05, 0.1) is 0 Å². The van der Waals surface area contributed by atoms with Crippen molar-refractivity contribution in [3.8, 4) is 0 Å². The maximum atomic E-state index is 3.72. The lowest BCUT2D eigenvalue weighted by molar-refractivity contribution is 0.474. The van der Waals surface area contributed by atoms with Crippen molar-refractivity contribution in [1.82, 2.24) is 5.32 Å². The minimum Gasteiger partial charge on any atom is -0.310 e. The van der Waals surface area contributed by atoms with Crippen molar-refractivity contribution in [2.45, 2.75) is 64.8 Å². The van der Waals surface area contributed by atoms with E-state index in [0.29, 0.717) is 12.0 Å². The molecule has 1 nitrogen and oxygen atoms in total. The first-order chi connectivity index (χ1) is 9.24. The van der Waals surface area contributed by atoms with Crippen molar-refractivity contribution < 1.29 is 0 Å². The molecule has 1 N–H and O–H groups in total. The molecule has 0 spiro atoms. The van der Waals surface area contributed by atoms with E-state index in [-0.39, 0.29) is 0 Å². The summed E-state index contributed by atoms with van der Waals surface area (Å²) in [5.74, 6) is 1.66. The summed E-state index contributed by atoms with van der Waals surface area (Å²) >= 11 is 0. The smallest absolute Gasteiger partial charge is 0.0322 e. The van der Waals surface area contributed by atoms with Gasteiger partial charge in [-0.25, -0.2) is 0 Å². The van der Waals surface area contributed by atoms with E-state index in [2.05, 4.69) is 50.4 Å². The Balaban J connectivity index is 2.02. The van der Waals surface area contributed by atoms with Crippen LogP contribution in [0.25, 0.3) is 0 Å². The molecule has 2 unspecified atom stereocenters. The number of hydrogen-bond acceptors (Lipinski definition) is 1. The number of benzene rings is 1. The maximum absolute atomic E-state index is 3.72. The summed E-state index contributed by atoms with van der Waals surface area (Å²) in [5.41, 5.74) is 2.96. The molecule has 2 rings (SSSR count). The van der Waals surface area contributed by atoms with Crippen molar-refractivity contribution in [1.29, 1.82) is 0 Å². The SMILES string of the molecule is CCCNC(CC1CC1)c1ccc(C(C)CC)cc1. The molecule has 0 saturated heterocycles. The first kappa shape index (κ1) is 14.6. The molecule has 1 saturated carbocycles. The molecule has 2 atom stereocenters. The summed E-state index contributed by atoms with van der Waals surface area (Å²) in [5, 5.41) is 3.72. The summed E-state index contributed by atoms with van der Waals surface area (Å²) in [6.07, 6.45) is 6.64. The molecular weight excluding hydrogens is 230 g/mol. The van der Waals surface area contributed by atoms with Gasteiger partial charge in [-0.3, -0.25) is 0 Å². The molecule has 19 heavy (non-hydrogen) atoms. The molecule has 106 valence electrons. The lowest BCUT2D eigenvalue weighted by Crippen LogP contribution is -2.22. The van der Waals surface area contributed by atoms with E-state index in [0.717, 1.165) is 12.5 Å². The fraction of sp³-hybridized carbons (Fsp3) is 0.667. The Hall–Kier alpha value is -0.820. The highest BCUT2D eigenvalue weighted by atomic mass is 14.9. The van der Waals surface area contributed by atoms with Crippen LogP contribution in [-0.4, -0.2) is 6.54 Å². The number of hydrogen-bond donors (Lipinski definition) is 1. The molecule has 0 aromatic heterocycles. The van der Waals surface area contributed by atoms with Gasteiger partial charge in [0.15, 0.2) is 0 Å². The molecule has 1 aliphatic rings. The van der Waals surface area contributed by atoms with E-state index >= 15 is 0 Å². The third kappa shape index (κ3) is 4.35. The topological polar surface area (TPSA) is 12.0 Å². The monoisotopic (exact) mass is 259 g/mol. The van der Waals surface area contributed by atoms with Gasteiger partial charge in [-0.2, -0.15) is 0 Å². The standard InChI is InChI=1S/C18H29N/c1-4-12-19-18(13-15-6-7-15)17-10-8-16(9-11-17)14(3)5-2/h8-11,14-15,18-19H,4-7,12-13H2,1-3H3. The van der Waals surface area contributed by atoms with E-state index < -0.39 is 0 Å². The van der Waals surface area contributed by atoms with Crippen molar-refractivity contribution in [3.05, 3.63) is 35.4 Å². The van der Waals surface area contributed by atoms with Gasteiger partial charge < -0.3 is 5.32 Å². The zero-order valence-electron chi connectivity index (χ0n) is 12.8. The first-order valence-electron chi connectivity index (χ1n) is 8.07. The molecule has 0 bridgehead atoms. The Labute approximate surface area is 118 Å². The molecular formula is C18H29N. The van der Waals surface area contributed by atoms with E-state index in [1.165, 1.54) is 43.2 Å². The van der Waals surface area contributed by atoms with Crippen LogP contribution in [0.2, 0.25) is 0 Å². The third-order valence-electron chi connectivity index (χ3n) is 4.43. The van der Waals surface area contributed by atoms with Crippen LogP contribution in [-0.2, 0) is 0 Å². The molecule has 1 heteroatoms. The molecule has 1 fully saturated rings. The molecule has 0 heterocycles. The van der Waals surface area contributed by atoms with Crippen LogP contribution < -0.4 is 5.32 Å². The number of nitrogens with one attached hydrogen (secondary N) is 1. The van der Waals surface area contributed by atoms with Crippen LogP contribution in [0.15, 0.2) is 24.3 Å². The number of rotatable bonds is 8.